The predicted molar refractivity (Wildman–Crippen MR) is 58.7 cm³/mol. The van der Waals surface area contributed by atoms with E-state index >= 15 is 0 Å². The quantitative estimate of drug-likeness (QED) is 0.707. The van der Waals surface area contributed by atoms with Crippen LogP contribution in [0.5, 0.6) is 0 Å². The van der Waals surface area contributed by atoms with Gasteiger partial charge < -0.3 is 5.73 Å². The van der Waals surface area contributed by atoms with Crippen molar-refractivity contribution in [3.05, 3.63) is 29.6 Å². The Bertz CT molecular complexity index is 360. The van der Waals surface area contributed by atoms with Gasteiger partial charge in [-0.15, -0.1) is 0 Å². The van der Waals surface area contributed by atoms with Crippen molar-refractivity contribution in [3.8, 4) is 0 Å². The van der Waals surface area contributed by atoms with E-state index in [2.05, 4.69) is 9.98 Å². The summed E-state index contributed by atoms with van der Waals surface area (Å²) in [6.45, 7) is 1.97. The lowest BCUT2D eigenvalue weighted by Crippen LogP contribution is -2.12. The average Bonchev–Trinajstić information content (AvgIpc) is 2.47. The first-order chi connectivity index (χ1) is 6.66. The lowest BCUT2D eigenvalue weighted by molar-refractivity contribution is 0.449. The number of aliphatic imine (C=N–C) groups is 1. The average molecular weight is 208 g/mol. The van der Waals surface area contributed by atoms with Gasteiger partial charge in [-0.1, -0.05) is 6.07 Å². The molecule has 4 nitrogen and oxygen atoms in total. The Labute approximate surface area is 87.4 Å². The second-order valence-corrected chi connectivity index (χ2v) is 4.39. The van der Waals surface area contributed by atoms with Crippen LogP contribution in [0.25, 0.3) is 0 Å². The van der Waals surface area contributed by atoms with Crippen LogP contribution in [-0.4, -0.2) is 21.5 Å². The summed E-state index contributed by atoms with van der Waals surface area (Å²) in [4.78, 5) is 8.55. The van der Waals surface area contributed by atoms with Crippen LogP contribution in [0.1, 0.15) is 17.4 Å². The van der Waals surface area contributed by atoms with E-state index in [0.717, 1.165) is 11.3 Å². The molecule has 0 bridgehead atoms. The van der Waals surface area contributed by atoms with Gasteiger partial charge in [0.05, 0.1) is 0 Å². The zero-order valence-electron chi connectivity index (χ0n) is 8.14. The molecule has 0 fully saturated rings. The van der Waals surface area contributed by atoms with Crippen molar-refractivity contribution in [3.63, 3.8) is 0 Å². The van der Waals surface area contributed by atoms with Crippen molar-refractivity contribution in [2.45, 2.75) is 13.1 Å². The maximum absolute atomic E-state index is 5.63. The number of rotatable bonds is 1. The van der Waals surface area contributed by atoms with Crippen LogP contribution in [0.4, 0.5) is 0 Å². The van der Waals surface area contributed by atoms with Crippen LogP contribution in [0.2, 0.25) is 0 Å². The summed E-state index contributed by atoms with van der Waals surface area (Å²) in [6, 6.07) is 4.02. The van der Waals surface area contributed by atoms with E-state index in [1.54, 1.807) is 0 Å². The number of hydrogen-bond acceptors (Lipinski definition) is 5. The number of aromatic nitrogens is 1. The highest BCUT2D eigenvalue weighted by molar-refractivity contribution is 8.12. The standard InChI is InChI=1S/C9H12N4S/c1-6-3-4-7(5-11-6)8-12-9(10)14-13(8)2/h3-5,8H,1-2H3,(H2,10,12). The number of nitrogens with two attached hydrogens (primary N) is 1. The molecule has 0 aliphatic carbocycles. The number of nitrogens with zero attached hydrogens (tertiary/aromatic N) is 3. The summed E-state index contributed by atoms with van der Waals surface area (Å²) in [6.07, 6.45) is 1.85. The van der Waals surface area contributed by atoms with Gasteiger partial charge in [0.15, 0.2) is 5.17 Å². The summed E-state index contributed by atoms with van der Waals surface area (Å²) in [5.74, 6) is 0. The SMILES string of the molecule is Cc1ccc(C2N=C(N)SN2C)cn1. The first-order valence-electron chi connectivity index (χ1n) is 4.33. The highest BCUT2D eigenvalue weighted by Gasteiger charge is 2.24. The molecule has 1 aliphatic rings. The number of pyridine rings is 1. The molecule has 0 amide bonds. The van der Waals surface area contributed by atoms with E-state index in [1.807, 2.05) is 36.6 Å². The Morgan fingerprint density at radius 1 is 1.50 bits per heavy atom. The molecule has 14 heavy (non-hydrogen) atoms. The predicted octanol–water partition coefficient (Wildman–Crippen LogP) is 1.30. The molecule has 2 heterocycles. The third-order valence-corrected chi connectivity index (χ3v) is 2.84. The molecule has 74 valence electrons. The highest BCUT2D eigenvalue weighted by Crippen LogP contribution is 2.32. The molecule has 5 heteroatoms. The lowest BCUT2D eigenvalue weighted by atomic mass is 10.2. The number of amidine groups is 1. The smallest absolute Gasteiger partial charge is 0.171 e. The van der Waals surface area contributed by atoms with Crippen molar-refractivity contribution >= 4 is 17.1 Å². The fourth-order valence-electron chi connectivity index (χ4n) is 1.34. The second-order valence-electron chi connectivity index (χ2n) is 3.21. The van der Waals surface area contributed by atoms with Crippen LogP contribution < -0.4 is 5.73 Å². The van der Waals surface area contributed by atoms with Crippen LogP contribution in [0.15, 0.2) is 23.3 Å². The molecule has 0 aromatic carbocycles. The Hall–Kier alpha value is -1.07. The molecule has 1 unspecified atom stereocenters. The molecule has 0 radical (unpaired) electrons. The molecule has 2 N–H and O–H groups in total. The first kappa shape index (κ1) is 9.48. The zero-order valence-corrected chi connectivity index (χ0v) is 8.95. The third-order valence-electron chi connectivity index (χ3n) is 2.06. The molecular formula is C9H12N4S. The van der Waals surface area contributed by atoms with Gasteiger partial charge >= 0.3 is 0 Å². The van der Waals surface area contributed by atoms with Gasteiger partial charge in [0.25, 0.3) is 0 Å². The van der Waals surface area contributed by atoms with E-state index in [0.29, 0.717) is 5.17 Å². The molecule has 1 aromatic heterocycles. The van der Waals surface area contributed by atoms with E-state index < -0.39 is 0 Å². The van der Waals surface area contributed by atoms with Gasteiger partial charge in [0.1, 0.15) is 6.17 Å². The van der Waals surface area contributed by atoms with Gasteiger partial charge in [0, 0.05) is 24.5 Å². The summed E-state index contributed by atoms with van der Waals surface area (Å²) in [7, 11) is 1.97. The maximum Gasteiger partial charge on any atom is 0.171 e. The molecule has 0 saturated carbocycles. The van der Waals surface area contributed by atoms with E-state index in [1.165, 1.54) is 11.9 Å². The second kappa shape index (κ2) is 3.59. The van der Waals surface area contributed by atoms with Crippen molar-refractivity contribution in [2.75, 3.05) is 7.05 Å². The van der Waals surface area contributed by atoms with Crippen LogP contribution in [0.3, 0.4) is 0 Å². The van der Waals surface area contributed by atoms with Gasteiger partial charge in [0.2, 0.25) is 0 Å². The minimum atomic E-state index is 0.00750. The van der Waals surface area contributed by atoms with Crippen LogP contribution in [-0.2, 0) is 0 Å². The van der Waals surface area contributed by atoms with Crippen LogP contribution >= 0.6 is 11.9 Å². The van der Waals surface area contributed by atoms with Gasteiger partial charge in [-0.25, -0.2) is 9.30 Å². The lowest BCUT2D eigenvalue weighted by Gasteiger charge is -2.15. The van der Waals surface area contributed by atoms with Gasteiger partial charge in [-0.3, -0.25) is 4.98 Å². The van der Waals surface area contributed by atoms with Crippen molar-refractivity contribution in [2.24, 2.45) is 10.7 Å². The molecular weight excluding hydrogens is 196 g/mol. The monoisotopic (exact) mass is 208 g/mol. The number of aryl methyl sites for hydroxylation is 1. The Kier molecular flexibility index (Phi) is 2.43. The molecule has 0 saturated heterocycles. The molecule has 0 spiro atoms. The highest BCUT2D eigenvalue weighted by atomic mass is 32.2. The first-order valence-corrected chi connectivity index (χ1v) is 5.11. The van der Waals surface area contributed by atoms with Crippen molar-refractivity contribution in [1.29, 1.82) is 0 Å². The minimum absolute atomic E-state index is 0.00750. The van der Waals surface area contributed by atoms with Gasteiger partial charge in [-0.2, -0.15) is 0 Å². The molecule has 2 rings (SSSR count). The van der Waals surface area contributed by atoms with Gasteiger partial charge in [-0.05, 0) is 24.9 Å². The fourth-order valence-corrected chi connectivity index (χ4v) is 2.05. The topological polar surface area (TPSA) is 54.5 Å². The van der Waals surface area contributed by atoms with E-state index in [-0.39, 0.29) is 6.17 Å². The largest absolute Gasteiger partial charge is 0.377 e. The normalized spacial score (nSPS) is 22.4. The fraction of sp³-hybridized carbons (Fsp3) is 0.333. The summed E-state index contributed by atoms with van der Waals surface area (Å²) in [5, 5.41) is 0.609. The number of hydrogen-bond donors (Lipinski definition) is 1. The van der Waals surface area contributed by atoms with E-state index in [4.69, 9.17) is 5.73 Å². The molecule has 1 atom stereocenters. The third kappa shape index (κ3) is 1.73. The summed E-state index contributed by atoms with van der Waals surface area (Å²) in [5.41, 5.74) is 7.72. The minimum Gasteiger partial charge on any atom is -0.377 e. The maximum atomic E-state index is 5.63. The zero-order chi connectivity index (χ0) is 10.1. The van der Waals surface area contributed by atoms with Crippen molar-refractivity contribution in [1.82, 2.24) is 9.29 Å². The summed E-state index contributed by atoms with van der Waals surface area (Å²) >= 11 is 1.46. The molecule has 1 aliphatic heterocycles. The Balaban J connectivity index is 2.27. The summed E-state index contributed by atoms with van der Waals surface area (Å²) < 4.78 is 2.02. The van der Waals surface area contributed by atoms with Crippen LogP contribution in [0, 0.1) is 6.92 Å². The van der Waals surface area contributed by atoms with E-state index in [9.17, 15) is 0 Å². The van der Waals surface area contributed by atoms with Crippen molar-refractivity contribution < 1.29 is 0 Å². The Morgan fingerprint density at radius 3 is 2.79 bits per heavy atom. The Morgan fingerprint density at radius 2 is 2.29 bits per heavy atom. The molecule has 1 aromatic rings.